The predicted octanol–water partition coefficient (Wildman–Crippen LogP) is 0.397. The highest BCUT2D eigenvalue weighted by atomic mass is 16.5. The molecule has 0 unspecified atom stereocenters. The molecule has 2 heterocycles. The number of aliphatic carboxylic acids is 1. The summed E-state index contributed by atoms with van der Waals surface area (Å²) in [7, 11) is 0. The van der Waals surface area contributed by atoms with Gasteiger partial charge in [0.2, 0.25) is 0 Å². The first-order chi connectivity index (χ1) is 8.59. The molecular weight excluding hydrogens is 238 g/mol. The molecule has 0 spiro atoms. The van der Waals surface area contributed by atoms with Gasteiger partial charge in [0.05, 0.1) is 5.56 Å². The summed E-state index contributed by atoms with van der Waals surface area (Å²) in [5.74, 6) is -1.24. The van der Waals surface area contributed by atoms with Gasteiger partial charge in [-0.05, 0) is 17.3 Å². The smallest absolute Gasteiger partial charge is 0.320 e. The minimum Gasteiger partial charge on any atom is -0.491 e. The summed E-state index contributed by atoms with van der Waals surface area (Å²) in [6.07, 6.45) is 3.03. The van der Waals surface area contributed by atoms with Gasteiger partial charge in [-0.25, -0.2) is 0 Å². The Morgan fingerprint density at radius 2 is 2.33 bits per heavy atom. The van der Waals surface area contributed by atoms with Gasteiger partial charge in [-0.15, -0.1) is 0 Å². The highest BCUT2D eigenvalue weighted by molar-refractivity contribution is 5.74. The molecule has 18 heavy (non-hydrogen) atoms. The number of aromatic hydroxyl groups is 1. The zero-order valence-corrected chi connectivity index (χ0v) is 9.28. The Morgan fingerprint density at radius 3 is 2.94 bits per heavy atom. The monoisotopic (exact) mass is 249 g/mol. The average Bonchev–Trinajstić information content (AvgIpc) is 2.72. The van der Waals surface area contributed by atoms with Crippen LogP contribution in [0.4, 0.5) is 0 Å². The summed E-state index contributed by atoms with van der Waals surface area (Å²) in [6.45, 7) is 0. The van der Waals surface area contributed by atoms with Crippen molar-refractivity contribution < 1.29 is 19.5 Å². The number of carboxylic acid groups (broad SMARTS) is 1. The molecule has 0 amide bonds. The quantitative estimate of drug-likeness (QED) is 0.716. The van der Waals surface area contributed by atoms with Gasteiger partial charge in [0, 0.05) is 24.4 Å². The summed E-state index contributed by atoms with van der Waals surface area (Å²) in [6, 6.07) is 2.27. The van der Waals surface area contributed by atoms with Crippen LogP contribution in [-0.2, 0) is 11.2 Å². The Balaban J connectivity index is 2.36. The van der Waals surface area contributed by atoms with Crippen molar-refractivity contribution in [3.63, 3.8) is 0 Å². The fourth-order valence-corrected chi connectivity index (χ4v) is 1.52. The van der Waals surface area contributed by atoms with E-state index in [4.69, 9.17) is 15.4 Å². The molecule has 4 N–H and O–H groups in total. The lowest BCUT2D eigenvalue weighted by molar-refractivity contribution is -0.138. The lowest BCUT2D eigenvalue weighted by Gasteiger charge is -2.05. The molecule has 0 aliphatic rings. The highest BCUT2D eigenvalue weighted by Gasteiger charge is 2.22. The van der Waals surface area contributed by atoms with E-state index in [1.54, 1.807) is 18.3 Å². The zero-order valence-electron chi connectivity index (χ0n) is 9.28. The van der Waals surface area contributed by atoms with Crippen molar-refractivity contribution in [2.24, 2.45) is 5.73 Å². The molecule has 0 aliphatic carbocycles. The predicted molar refractivity (Wildman–Crippen MR) is 60.7 cm³/mol. The van der Waals surface area contributed by atoms with Crippen LogP contribution in [0.25, 0.3) is 11.3 Å². The van der Waals surface area contributed by atoms with E-state index in [0.29, 0.717) is 5.56 Å². The van der Waals surface area contributed by atoms with Crippen molar-refractivity contribution >= 4 is 5.97 Å². The van der Waals surface area contributed by atoms with E-state index in [1.165, 1.54) is 6.20 Å². The highest BCUT2D eigenvalue weighted by Crippen LogP contribution is 2.30. The van der Waals surface area contributed by atoms with Crippen molar-refractivity contribution in [3.05, 3.63) is 30.1 Å². The zero-order chi connectivity index (χ0) is 13.1. The van der Waals surface area contributed by atoms with Crippen LogP contribution in [0.3, 0.4) is 0 Å². The Labute approximate surface area is 102 Å². The number of aromatic nitrogens is 2. The van der Waals surface area contributed by atoms with Crippen LogP contribution in [0, 0.1) is 0 Å². The van der Waals surface area contributed by atoms with Crippen LogP contribution < -0.4 is 5.73 Å². The summed E-state index contributed by atoms with van der Waals surface area (Å²) in [5, 5.41) is 21.7. The molecule has 1 atom stereocenters. The van der Waals surface area contributed by atoms with Gasteiger partial charge in [0.15, 0.2) is 5.76 Å². The molecule has 7 heteroatoms. The summed E-state index contributed by atoms with van der Waals surface area (Å²) in [5.41, 5.74) is 6.29. The SMILES string of the molecule is N[C@@H](Cc1c(O)noc1-c1cccnc1)C(=O)O. The van der Waals surface area contributed by atoms with Crippen molar-refractivity contribution in [3.8, 4) is 17.2 Å². The molecule has 0 aromatic carbocycles. The van der Waals surface area contributed by atoms with E-state index in [-0.39, 0.29) is 23.6 Å². The molecule has 0 saturated carbocycles. The third kappa shape index (κ3) is 2.30. The summed E-state index contributed by atoms with van der Waals surface area (Å²) >= 11 is 0. The normalized spacial score (nSPS) is 12.3. The number of hydrogen-bond acceptors (Lipinski definition) is 6. The first-order valence-electron chi connectivity index (χ1n) is 5.16. The van der Waals surface area contributed by atoms with Gasteiger partial charge in [-0.3, -0.25) is 9.78 Å². The van der Waals surface area contributed by atoms with E-state index < -0.39 is 12.0 Å². The third-order valence-electron chi connectivity index (χ3n) is 2.43. The number of rotatable bonds is 4. The van der Waals surface area contributed by atoms with Crippen molar-refractivity contribution in [1.29, 1.82) is 0 Å². The van der Waals surface area contributed by atoms with Crippen molar-refractivity contribution in [2.45, 2.75) is 12.5 Å². The first kappa shape index (κ1) is 12.1. The summed E-state index contributed by atoms with van der Waals surface area (Å²) in [4.78, 5) is 14.6. The lowest BCUT2D eigenvalue weighted by atomic mass is 10.0. The van der Waals surface area contributed by atoms with Crippen LogP contribution in [0.5, 0.6) is 5.88 Å². The number of nitrogens with zero attached hydrogens (tertiary/aromatic N) is 2. The molecule has 0 fully saturated rings. The van der Waals surface area contributed by atoms with Gasteiger partial charge in [-0.2, -0.15) is 0 Å². The third-order valence-corrected chi connectivity index (χ3v) is 2.43. The van der Waals surface area contributed by atoms with E-state index in [2.05, 4.69) is 10.1 Å². The Kier molecular flexibility index (Phi) is 3.24. The molecule has 2 rings (SSSR count). The van der Waals surface area contributed by atoms with Gasteiger partial charge in [0.1, 0.15) is 6.04 Å². The lowest BCUT2D eigenvalue weighted by Crippen LogP contribution is -2.32. The van der Waals surface area contributed by atoms with Crippen molar-refractivity contribution in [1.82, 2.24) is 10.1 Å². The molecule has 0 aliphatic heterocycles. The second-order valence-corrected chi connectivity index (χ2v) is 3.70. The van der Waals surface area contributed by atoms with Crippen LogP contribution in [0.2, 0.25) is 0 Å². The van der Waals surface area contributed by atoms with E-state index in [1.807, 2.05) is 0 Å². The minimum absolute atomic E-state index is 0.0745. The number of pyridine rings is 1. The summed E-state index contributed by atoms with van der Waals surface area (Å²) < 4.78 is 4.97. The van der Waals surface area contributed by atoms with Crippen molar-refractivity contribution in [2.75, 3.05) is 0 Å². The van der Waals surface area contributed by atoms with E-state index in [0.717, 1.165) is 0 Å². The van der Waals surface area contributed by atoms with E-state index in [9.17, 15) is 9.90 Å². The maximum Gasteiger partial charge on any atom is 0.320 e. The number of carboxylic acids is 1. The largest absolute Gasteiger partial charge is 0.491 e. The van der Waals surface area contributed by atoms with Crippen LogP contribution in [0.1, 0.15) is 5.56 Å². The Bertz CT molecular complexity index is 553. The molecule has 7 nitrogen and oxygen atoms in total. The maximum absolute atomic E-state index is 10.7. The topological polar surface area (TPSA) is 122 Å². The molecule has 0 saturated heterocycles. The fourth-order valence-electron chi connectivity index (χ4n) is 1.52. The average molecular weight is 249 g/mol. The van der Waals surface area contributed by atoms with Crippen LogP contribution in [0.15, 0.2) is 29.0 Å². The van der Waals surface area contributed by atoms with Gasteiger partial charge < -0.3 is 20.5 Å². The molecular formula is C11H11N3O4. The van der Waals surface area contributed by atoms with Gasteiger partial charge in [0.25, 0.3) is 5.88 Å². The second-order valence-electron chi connectivity index (χ2n) is 3.70. The molecule has 2 aromatic rings. The molecule has 2 aromatic heterocycles. The van der Waals surface area contributed by atoms with Gasteiger partial charge >= 0.3 is 5.97 Å². The maximum atomic E-state index is 10.7. The fraction of sp³-hybridized carbons (Fsp3) is 0.182. The molecule has 0 bridgehead atoms. The number of nitrogens with two attached hydrogens (primary N) is 1. The second kappa shape index (κ2) is 4.84. The van der Waals surface area contributed by atoms with Crippen LogP contribution in [-0.4, -0.2) is 32.4 Å². The molecule has 94 valence electrons. The van der Waals surface area contributed by atoms with Crippen LogP contribution >= 0.6 is 0 Å². The van der Waals surface area contributed by atoms with E-state index >= 15 is 0 Å². The van der Waals surface area contributed by atoms with Gasteiger partial charge in [-0.1, -0.05) is 0 Å². The minimum atomic E-state index is -1.16. The Hall–Kier alpha value is -2.41. The number of carbonyl (C=O) groups is 1. The molecule has 0 radical (unpaired) electrons. The first-order valence-corrected chi connectivity index (χ1v) is 5.16. The Morgan fingerprint density at radius 1 is 1.56 bits per heavy atom. The number of hydrogen-bond donors (Lipinski definition) is 3. The standard InChI is InChI=1S/C11H11N3O4/c12-8(11(16)17)4-7-9(18-14-10(7)15)6-2-1-3-13-5-6/h1-3,5,8H,4,12H2,(H,14,15)(H,16,17)/t8-/m0/s1.